The maximum Gasteiger partial charge on any atom is 0.255 e. The Hall–Kier alpha value is -3.89. The fourth-order valence-corrected chi connectivity index (χ4v) is 5.54. The van der Waals surface area contributed by atoms with E-state index in [0.29, 0.717) is 39.3 Å². The number of ether oxygens (including phenoxy) is 2. The molecule has 4 rings (SSSR count). The van der Waals surface area contributed by atoms with Gasteiger partial charge in [0.25, 0.3) is 5.91 Å². The number of benzene rings is 4. The van der Waals surface area contributed by atoms with E-state index in [0.717, 1.165) is 9.87 Å². The Morgan fingerprint density at radius 2 is 1.61 bits per heavy atom. The molecule has 0 atom stereocenters. The van der Waals surface area contributed by atoms with E-state index >= 15 is 0 Å². The molecule has 0 saturated carbocycles. The van der Waals surface area contributed by atoms with Crippen LogP contribution >= 0.6 is 23.2 Å². The topological polar surface area (TPSA) is 97.3 Å². The summed E-state index contributed by atoms with van der Waals surface area (Å²) in [6.45, 7) is -0.181. The van der Waals surface area contributed by atoms with Gasteiger partial charge in [0.1, 0.15) is 6.61 Å². The number of nitrogens with one attached hydrogen (secondary N) is 1. The molecular formula is C30H27Cl2N3O5S. The van der Waals surface area contributed by atoms with Crippen LogP contribution in [0.15, 0.2) is 107 Å². The zero-order valence-electron chi connectivity index (χ0n) is 22.0. The van der Waals surface area contributed by atoms with Crippen molar-refractivity contribution in [2.24, 2.45) is 5.10 Å². The average molecular weight is 613 g/mol. The van der Waals surface area contributed by atoms with Crippen molar-refractivity contribution in [2.45, 2.75) is 18.0 Å². The number of carbonyl (C=O) groups is 1. The highest BCUT2D eigenvalue weighted by atomic mass is 35.5. The summed E-state index contributed by atoms with van der Waals surface area (Å²) in [5.41, 5.74) is 4.67. The van der Waals surface area contributed by atoms with E-state index in [-0.39, 0.29) is 11.4 Å². The lowest BCUT2D eigenvalue weighted by atomic mass is 10.2. The lowest BCUT2D eigenvalue weighted by molar-refractivity contribution is -0.121. The molecule has 0 bridgehead atoms. The predicted octanol–water partition coefficient (Wildman–Crippen LogP) is 5.92. The highest BCUT2D eigenvalue weighted by Gasteiger charge is 2.27. The Bertz CT molecular complexity index is 1620. The molecule has 212 valence electrons. The summed E-state index contributed by atoms with van der Waals surface area (Å²) in [5, 5.41) is 4.84. The Labute approximate surface area is 249 Å². The standard InChI is InChI=1S/C30H27Cl2N3O5S/c1-39-29-17-23(10-15-28(29)40-21-22-6-3-2-4-7-22)18-33-34-30(36)20-35(19-24-8-5-9-26(32)16-24)41(37,38)27-13-11-25(31)12-14-27/h2-18H,19-21H2,1H3,(H,34,36)/b33-18-. The monoisotopic (exact) mass is 611 g/mol. The summed E-state index contributed by atoms with van der Waals surface area (Å²) in [6.07, 6.45) is 1.43. The quantitative estimate of drug-likeness (QED) is 0.158. The van der Waals surface area contributed by atoms with Crippen molar-refractivity contribution < 1.29 is 22.7 Å². The van der Waals surface area contributed by atoms with Crippen LogP contribution in [0.4, 0.5) is 0 Å². The van der Waals surface area contributed by atoms with Crippen molar-refractivity contribution in [3.63, 3.8) is 0 Å². The maximum absolute atomic E-state index is 13.4. The first-order valence-electron chi connectivity index (χ1n) is 12.4. The minimum absolute atomic E-state index is 0.00176. The lowest BCUT2D eigenvalue weighted by Gasteiger charge is -2.21. The molecule has 0 unspecified atom stereocenters. The number of sulfonamides is 1. The van der Waals surface area contributed by atoms with Crippen LogP contribution < -0.4 is 14.9 Å². The zero-order chi connectivity index (χ0) is 29.2. The molecule has 41 heavy (non-hydrogen) atoms. The van der Waals surface area contributed by atoms with Crippen LogP contribution in [-0.4, -0.2) is 38.5 Å². The summed E-state index contributed by atoms with van der Waals surface area (Å²) < 4.78 is 39.2. The lowest BCUT2D eigenvalue weighted by Crippen LogP contribution is -2.39. The Morgan fingerprint density at radius 3 is 2.32 bits per heavy atom. The fraction of sp³-hybridized carbons (Fsp3) is 0.133. The zero-order valence-corrected chi connectivity index (χ0v) is 24.4. The maximum atomic E-state index is 13.4. The number of hydrogen-bond acceptors (Lipinski definition) is 6. The molecule has 0 aromatic heterocycles. The van der Waals surface area contributed by atoms with Gasteiger partial charge in [-0.25, -0.2) is 13.8 Å². The summed E-state index contributed by atoms with van der Waals surface area (Å²) in [6, 6.07) is 27.5. The van der Waals surface area contributed by atoms with Crippen molar-refractivity contribution in [3.8, 4) is 11.5 Å². The van der Waals surface area contributed by atoms with Crippen LogP contribution in [0.1, 0.15) is 16.7 Å². The van der Waals surface area contributed by atoms with Gasteiger partial charge in [-0.05, 0) is 71.3 Å². The van der Waals surface area contributed by atoms with Gasteiger partial charge < -0.3 is 9.47 Å². The predicted molar refractivity (Wildman–Crippen MR) is 160 cm³/mol. The van der Waals surface area contributed by atoms with Crippen molar-refractivity contribution >= 4 is 45.3 Å². The smallest absolute Gasteiger partial charge is 0.255 e. The third kappa shape index (κ3) is 8.55. The number of rotatable bonds is 12. The molecular weight excluding hydrogens is 585 g/mol. The molecule has 0 fully saturated rings. The Morgan fingerprint density at radius 1 is 0.878 bits per heavy atom. The van der Waals surface area contributed by atoms with Gasteiger partial charge in [0, 0.05) is 16.6 Å². The van der Waals surface area contributed by atoms with E-state index in [4.69, 9.17) is 32.7 Å². The molecule has 0 aliphatic heterocycles. The summed E-state index contributed by atoms with van der Waals surface area (Å²) in [7, 11) is -2.52. The van der Waals surface area contributed by atoms with E-state index in [1.165, 1.54) is 37.6 Å². The number of halogens is 2. The Balaban J connectivity index is 1.44. The van der Waals surface area contributed by atoms with E-state index in [9.17, 15) is 13.2 Å². The second-order valence-electron chi connectivity index (χ2n) is 8.83. The van der Waals surface area contributed by atoms with E-state index in [1.807, 2.05) is 30.3 Å². The highest BCUT2D eigenvalue weighted by molar-refractivity contribution is 7.89. The minimum atomic E-state index is -4.05. The van der Waals surface area contributed by atoms with Crippen molar-refractivity contribution in [2.75, 3.05) is 13.7 Å². The van der Waals surface area contributed by atoms with Gasteiger partial charge in [-0.3, -0.25) is 4.79 Å². The molecule has 11 heteroatoms. The normalized spacial score (nSPS) is 11.5. The molecule has 0 saturated heterocycles. The largest absolute Gasteiger partial charge is 0.493 e. The first kappa shape index (κ1) is 30.1. The van der Waals surface area contributed by atoms with Crippen LogP contribution in [-0.2, 0) is 28.0 Å². The van der Waals surface area contributed by atoms with Crippen LogP contribution in [0.25, 0.3) is 0 Å². The van der Waals surface area contributed by atoms with Crippen LogP contribution in [0.5, 0.6) is 11.5 Å². The molecule has 0 aliphatic carbocycles. The number of nitrogens with zero attached hydrogens (tertiary/aromatic N) is 2. The molecule has 4 aromatic carbocycles. The van der Waals surface area contributed by atoms with Gasteiger partial charge >= 0.3 is 0 Å². The second-order valence-corrected chi connectivity index (χ2v) is 11.6. The van der Waals surface area contributed by atoms with E-state index in [1.54, 1.807) is 42.5 Å². The molecule has 0 radical (unpaired) electrons. The molecule has 8 nitrogen and oxygen atoms in total. The van der Waals surface area contributed by atoms with Gasteiger partial charge in [-0.2, -0.15) is 9.41 Å². The number of hydrazone groups is 1. The van der Waals surface area contributed by atoms with Crippen molar-refractivity contribution in [1.29, 1.82) is 0 Å². The van der Waals surface area contributed by atoms with Gasteiger partial charge in [0.15, 0.2) is 11.5 Å². The summed E-state index contributed by atoms with van der Waals surface area (Å²) >= 11 is 12.0. The third-order valence-electron chi connectivity index (χ3n) is 5.85. The summed E-state index contributed by atoms with van der Waals surface area (Å²) in [5.74, 6) is 0.426. The highest BCUT2D eigenvalue weighted by Crippen LogP contribution is 2.28. The number of hydrogen-bond donors (Lipinski definition) is 1. The third-order valence-corrected chi connectivity index (χ3v) is 8.14. The van der Waals surface area contributed by atoms with Crippen molar-refractivity contribution in [1.82, 2.24) is 9.73 Å². The molecule has 4 aromatic rings. The number of carbonyl (C=O) groups excluding carboxylic acids is 1. The minimum Gasteiger partial charge on any atom is -0.493 e. The first-order chi connectivity index (χ1) is 19.7. The fourth-order valence-electron chi connectivity index (χ4n) is 3.81. The van der Waals surface area contributed by atoms with Gasteiger partial charge in [-0.15, -0.1) is 0 Å². The van der Waals surface area contributed by atoms with Crippen LogP contribution in [0, 0.1) is 0 Å². The van der Waals surface area contributed by atoms with E-state index < -0.39 is 22.5 Å². The van der Waals surface area contributed by atoms with Crippen molar-refractivity contribution in [3.05, 3.63) is 124 Å². The number of methoxy groups -OCH3 is 1. The SMILES string of the molecule is COc1cc(/C=N\NC(=O)CN(Cc2cccc(Cl)c2)S(=O)(=O)c2ccc(Cl)cc2)ccc1OCc1ccccc1. The van der Waals surface area contributed by atoms with Crippen LogP contribution in [0.3, 0.4) is 0 Å². The van der Waals surface area contributed by atoms with Gasteiger partial charge in [-0.1, -0.05) is 65.7 Å². The van der Waals surface area contributed by atoms with Crippen LogP contribution in [0.2, 0.25) is 10.0 Å². The Kier molecular flexibility index (Phi) is 10.4. The molecule has 1 N–H and O–H groups in total. The first-order valence-corrected chi connectivity index (χ1v) is 14.6. The summed E-state index contributed by atoms with van der Waals surface area (Å²) in [4.78, 5) is 12.8. The molecule has 1 amide bonds. The van der Waals surface area contributed by atoms with Gasteiger partial charge in [0.05, 0.1) is 24.8 Å². The van der Waals surface area contributed by atoms with Gasteiger partial charge in [0.2, 0.25) is 10.0 Å². The van der Waals surface area contributed by atoms with E-state index in [2.05, 4.69) is 10.5 Å². The second kappa shape index (κ2) is 14.1. The molecule has 0 spiro atoms. The number of amides is 1. The average Bonchev–Trinajstić information content (AvgIpc) is 2.97. The molecule has 0 heterocycles. The molecule has 0 aliphatic rings.